The van der Waals surface area contributed by atoms with E-state index in [9.17, 15) is 26.8 Å². The fourth-order valence-electron chi connectivity index (χ4n) is 3.13. The first-order valence-electron chi connectivity index (χ1n) is 9.71. The van der Waals surface area contributed by atoms with Crippen LogP contribution in [0.2, 0.25) is 0 Å². The van der Waals surface area contributed by atoms with Crippen molar-refractivity contribution >= 4 is 27.5 Å². The molecule has 0 aliphatic heterocycles. The van der Waals surface area contributed by atoms with Gasteiger partial charge in [-0.1, -0.05) is 6.07 Å². The molecule has 0 spiro atoms. The molecule has 3 rings (SSSR count). The largest absolute Gasteiger partial charge is 0.334 e. The van der Waals surface area contributed by atoms with Gasteiger partial charge in [0.2, 0.25) is 21.8 Å². The number of carbonyl (C=O) groups excluding carboxylic acids is 2. The van der Waals surface area contributed by atoms with Crippen LogP contribution in [0.3, 0.4) is 0 Å². The number of amides is 2. The van der Waals surface area contributed by atoms with Crippen LogP contribution in [0.4, 0.5) is 14.5 Å². The molecule has 2 amide bonds. The summed E-state index contributed by atoms with van der Waals surface area (Å²) in [6.07, 6.45) is 1.47. The number of rotatable bonds is 8. The van der Waals surface area contributed by atoms with Crippen LogP contribution < -0.4 is 10.0 Å². The predicted octanol–water partition coefficient (Wildman–Crippen LogP) is 2.78. The molecule has 2 N–H and O–H groups in total. The first kappa shape index (κ1) is 22.8. The Bertz CT molecular complexity index is 1090. The number of sulfonamides is 1. The van der Waals surface area contributed by atoms with Gasteiger partial charge in [-0.15, -0.1) is 0 Å². The summed E-state index contributed by atoms with van der Waals surface area (Å²) in [4.78, 5) is 25.4. The van der Waals surface area contributed by atoms with Gasteiger partial charge in [-0.3, -0.25) is 9.59 Å². The molecule has 2 aromatic rings. The minimum atomic E-state index is -4.01. The fraction of sp³-hybridized carbons (Fsp3) is 0.333. The van der Waals surface area contributed by atoms with E-state index in [1.807, 2.05) is 0 Å². The van der Waals surface area contributed by atoms with Crippen molar-refractivity contribution in [3.05, 3.63) is 59.7 Å². The molecule has 2 aromatic carbocycles. The van der Waals surface area contributed by atoms with Crippen LogP contribution in [0.25, 0.3) is 0 Å². The van der Waals surface area contributed by atoms with Crippen molar-refractivity contribution in [2.45, 2.75) is 50.2 Å². The van der Waals surface area contributed by atoms with Gasteiger partial charge in [0.1, 0.15) is 11.6 Å². The number of carbonyl (C=O) groups is 2. The van der Waals surface area contributed by atoms with E-state index in [4.69, 9.17) is 0 Å². The summed E-state index contributed by atoms with van der Waals surface area (Å²) in [5, 5.41) is 2.54. The Hall–Kier alpha value is -2.85. The second-order valence-electron chi connectivity index (χ2n) is 7.48. The first-order chi connectivity index (χ1) is 14.6. The van der Waals surface area contributed by atoms with E-state index < -0.39 is 33.6 Å². The predicted molar refractivity (Wildman–Crippen MR) is 110 cm³/mol. The molecule has 0 heterocycles. The van der Waals surface area contributed by atoms with Crippen molar-refractivity contribution in [3.63, 3.8) is 0 Å². The number of hydrogen-bond donors (Lipinski definition) is 2. The number of anilines is 1. The molecule has 10 heteroatoms. The smallest absolute Gasteiger partial charge is 0.241 e. The third-order valence-electron chi connectivity index (χ3n) is 4.81. The summed E-state index contributed by atoms with van der Waals surface area (Å²) in [7, 11) is -4.01. The molecule has 0 unspecified atom stereocenters. The minimum absolute atomic E-state index is 0.0659. The Morgan fingerprint density at radius 2 is 1.77 bits per heavy atom. The minimum Gasteiger partial charge on any atom is -0.334 e. The van der Waals surface area contributed by atoms with Crippen molar-refractivity contribution in [1.82, 2.24) is 9.62 Å². The molecule has 0 bridgehead atoms. The number of nitrogens with zero attached hydrogens (tertiary/aromatic N) is 1. The van der Waals surface area contributed by atoms with Crippen molar-refractivity contribution < 1.29 is 26.8 Å². The zero-order valence-corrected chi connectivity index (χ0v) is 17.9. The van der Waals surface area contributed by atoms with Gasteiger partial charge in [0.25, 0.3) is 0 Å². The molecule has 0 saturated heterocycles. The first-order valence-corrected chi connectivity index (χ1v) is 11.2. The lowest BCUT2D eigenvalue weighted by Gasteiger charge is -2.26. The molecule has 1 saturated carbocycles. The summed E-state index contributed by atoms with van der Waals surface area (Å²) in [5.74, 6) is -2.25. The van der Waals surface area contributed by atoms with Gasteiger partial charge in [0.15, 0.2) is 0 Å². The molecule has 1 aliphatic carbocycles. The highest BCUT2D eigenvalue weighted by atomic mass is 32.2. The van der Waals surface area contributed by atoms with Gasteiger partial charge in [0, 0.05) is 36.8 Å². The van der Waals surface area contributed by atoms with Crippen molar-refractivity contribution in [2.75, 3.05) is 5.32 Å². The normalized spacial score (nSPS) is 14.7. The van der Waals surface area contributed by atoms with Crippen LogP contribution in [0.5, 0.6) is 0 Å². The second kappa shape index (κ2) is 9.11. The molecule has 7 nitrogen and oxygen atoms in total. The van der Waals surface area contributed by atoms with Crippen molar-refractivity contribution in [1.29, 1.82) is 0 Å². The van der Waals surface area contributed by atoms with Crippen LogP contribution in [-0.4, -0.2) is 37.2 Å². The monoisotopic (exact) mass is 451 g/mol. The third-order valence-corrected chi connectivity index (χ3v) is 6.37. The number of nitrogens with one attached hydrogen (secondary N) is 2. The Kier molecular flexibility index (Phi) is 6.71. The summed E-state index contributed by atoms with van der Waals surface area (Å²) < 4.78 is 54.9. The lowest BCUT2D eigenvalue weighted by molar-refractivity contribution is -0.133. The van der Waals surface area contributed by atoms with Crippen molar-refractivity contribution in [2.24, 2.45) is 0 Å². The molecule has 0 aromatic heterocycles. The lowest BCUT2D eigenvalue weighted by atomic mass is 10.1. The molecule has 1 fully saturated rings. The van der Waals surface area contributed by atoms with Crippen LogP contribution in [0.15, 0.2) is 47.4 Å². The van der Waals surface area contributed by atoms with Crippen LogP contribution in [-0.2, 0) is 26.2 Å². The summed E-state index contributed by atoms with van der Waals surface area (Å²) >= 11 is 0. The maximum atomic E-state index is 14.0. The molecule has 0 radical (unpaired) electrons. The van der Waals surface area contributed by atoms with Gasteiger partial charge in [-0.2, -0.15) is 4.72 Å². The maximum absolute atomic E-state index is 14.0. The lowest BCUT2D eigenvalue weighted by Crippen LogP contribution is -2.47. The van der Waals surface area contributed by atoms with E-state index in [-0.39, 0.29) is 29.0 Å². The highest BCUT2D eigenvalue weighted by Gasteiger charge is 2.36. The summed E-state index contributed by atoms with van der Waals surface area (Å²) in [6, 6.07) is 7.46. The van der Waals surface area contributed by atoms with Gasteiger partial charge >= 0.3 is 0 Å². The quantitative estimate of drug-likeness (QED) is 0.645. The van der Waals surface area contributed by atoms with Crippen LogP contribution >= 0.6 is 0 Å². The highest BCUT2D eigenvalue weighted by Crippen LogP contribution is 2.29. The molecule has 31 heavy (non-hydrogen) atoms. The Morgan fingerprint density at radius 1 is 1.13 bits per heavy atom. The molecular weight excluding hydrogens is 428 g/mol. The van der Waals surface area contributed by atoms with E-state index in [0.717, 1.165) is 25.0 Å². The topological polar surface area (TPSA) is 95.6 Å². The van der Waals surface area contributed by atoms with E-state index in [2.05, 4.69) is 10.0 Å². The maximum Gasteiger partial charge on any atom is 0.241 e. The van der Waals surface area contributed by atoms with Crippen molar-refractivity contribution in [3.8, 4) is 0 Å². The van der Waals surface area contributed by atoms with Crippen LogP contribution in [0.1, 0.15) is 32.3 Å². The summed E-state index contributed by atoms with van der Waals surface area (Å²) in [5.41, 5.74) is 0.599. The Labute approximate surface area is 179 Å². The highest BCUT2D eigenvalue weighted by molar-refractivity contribution is 7.89. The van der Waals surface area contributed by atoms with Crippen LogP contribution in [0, 0.1) is 11.6 Å². The van der Waals surface area contributed by atoms with Gasteiger partial charge in [-0.05, 0) is 50.1 Å². The van der Waals surface area contributed by atoms with Gasteiger partial charge in [0.05, 0.1) is 10.9 Å². The zero-order valence-electron chi connectivity index (χ0n) is 17.1. The third kappa shape index (κ3) is 5.86. The molecule has 166 valence electrons. The average Bonchev–Trinajstić information content (AvgIpc) is 3.51. The molecule has 1 atom stereocenters. The van der Waals surface area contributed by atoms with E-state index in [0.29, 0.717) is 5.69 Å². The summed E-state index contributed by atoms with van der Waals surface area (Å²) in [6.45, 7) is 2.68. The number of hydrogen-bond acceptors (Lipinski definition) is 4. The Balaban J connectivity index is 1.71. The van der Waals surface area contributed by atoms with E-state index in [1.54, 1.807) is 0 Å². The van der Waals surface area contributed by atoms with Gasteiger partial charge < -0.3 is 10.2 Å². The standard InChI is InChI=1S/C21H23F2N3O4S/c1-13(25-31(29,30)19-9-5-17(6-10-19)24-14(2)27)21(28)26(18-7-8-18)12-15-3-4-16(22)11-20(15)23/h3-6,9-11,13,18,25H,7-8,12H2,1-2H3,(H,24,27)/t13-/m0/s1. The van der Waals surface area contributed by atoms with Gasteiger partial charge in [-0.25, -0.2) is 17.2 Å². The van der Waals surface area contributed by atoms with E-state index in [1.165, 1.54) is 49.1 Å². The SMILES string of the molecule is CC(=O)Nc1ccc(S(=O)(=O)N[C@@H](C)C(=O)N(Cc2ccc(F)cc2F)C2CC2)cc1. The number of halogens is 2. The molecule has 1 aliphatic rings. The second-order valence-corrected chi connectivity index (χ2v) is 9.20. The Morgan fingerprint density at radius 3 is 2.32 bits per heavy atom. The average molecular weight is 451 g/mol. The zero-order chi connectivity index (χ0) is 22.8. The van der Waals surface area contributed by atoms with E-state index >= 15 is 0 Å². The number of benzene rings is 2. The molecular formula is C21H23F2N3O4S. The fourth-order valence-corrected chi connectivity index (χ4v) is 4.32.